The fraction of sp³-hybridized carbons (Fsp3) is 0.391. The number of nitrogens with zero attached hydrogens (tertiary/aromatic N) is 1. The minimum Gasteiger partial charge on any atom is -0.492 e. The summed E-state index contributed by atoms with van der Waals surface area (Å²) in [6, 6.07) is 13.2. The zero-order chi connectivity index (χ0) is 20.8. The van der Waals surface area contributed by atoms with Crippen LogP contribution < -0.4 is 19.7 Å². The van der Waals surface area contributed by atoms with Gasteiger partial charge in [-0.2, -0.15) is 0 Å². The van der Waals surface area contributed by atoms with Crippen LogP contribution in [0.2, 0.25) is 0 Å². The molecule has 0 bridgehead atoms. The number of fused-ring (bicyclic) bond motifs is 1. The summed E-state index contributed by atoms with van der Waals surface area (Å²) in [4.78, 5) is 26.5. The van der Waals surface area contributed by atoms with E-state index in [-0.39, 0.29) is 24.3 Å². The highest BCUT2D eigenvalue weighted by Gasteiger charge is 2.26. The topological polar surface area (TPSA) is 67.9 Å². The van der Waals surface area contributed by atoms with Crippen molar-refractivity contribution in [3.63, 3.8) is 0 Å². The molecule has 3 rings (SSSR count). The lowest BCUT2D eigenvalue weighted by atomic mass is 10.0. The number of ether oxygens (including phenoxy) is 2. The van der Waals surface area contributed by atoms with E-state index in [1.54, 1.807) is 23.1 Å². The van der Waals surface area contributed by atoms with E-state index in [1.165, 1.54) is 0 Å². The normalized spacial score (nSPS) is 13.1. The fourth-order valence-corrected chi connectivity index (χ4v) is 3.32. The van der Waals surface area contributed by atoms with Crippen molar-refractivity contribution in [2.45, 2.75) is 33.6 Å². The van der Waals surface area contributed by atoms with Gasteiger partial charge >= 0.3 is 0 Å². The van der Waals surface area contributed by atoms with Crippen LogP contribution in [-0.4, -0.2) is 31.6 Å². The van der Waals surface area contributed by atoms with Crippen molar-refractivity contribution >= 4 is 23.2 Å². The monoisotopic (exact) mass is 396 g/mol. The lowest BCUT2D eigenvalue weighted by Crippen LogP contribution is -2.41. The van der Waals surface area contributed by atoms with Gasteiger partial charge in [0.15, 0.2) is 6.61 Å². The number of anilines is 2. The van der Waals surface area contributed by atoms with Crippen LogP contribution in [0.4, 0.5) is 11.4 Å². The third kappa shape index (κ3) is 5.08. The molecule has 1 aliphatic heterocycles. The van der Waals surface area contributed by atoms with Gasteiger partial charge in [0.25, 0.3) is 5.91 Å². The van der Waals surface area contributed by atoms with E-state index in [0.717, 1.165) is 24.2 Å². The van der Waals surface area contributed by atoms with Gasteiger partial charge in [0, 0.05) is 11.6 Å². The average Bonchev–Trinajstić information content (AvgIpc) is 2.72. The van der Waals surface area contributed by atoms with Crippen LogP contribution in [-0.2, 0) is 9.59 Å². The molecule has 0 fully saturated rings. The van der Waals surface area contributed by atoms with E-state index in [2.05, 4.69) is 5.32 Å². The van der Waals surface area contributed by atoms with E-state index in [9.17, 15) is 9.59 Å². The average molecular weight is 396 g/mol. The van der Waals surface area contributed by atoms with Gasteiger partial charge in [0.2, 0.25) is 5.91 Å². The third-order valence-corrected chi connectivity index (χ3v) is 5.13. The van der Waals surface area contributed by atoms with Crippen molar-refractivity contribution in [3.8, 4) is 11.5 Å². The van der Waals surface area contributed by atoms with Gasteiger partial charge in [0.1, 0.15) is 18.1 Å². The van der Waals surface area contributed by atoms with Crippen molar-refractivity contribution in [2.75, 3.05) is 30.0 Å². The summed E-state index contributed by atoms with van der Waals surface area (Å²) in [6.45, 7) is 6.78. The molecule has 0 spiro atoms. The first kappa shape index (κ1) is 20.7. The Morgan fingerprint density at radius 1 is 1.17 bits per heavy atom. The predicted molar refractivity (Wildman–Crippen MR) is 114 cm³/mol. The van der Waals surface area contributed by atoms with Gasteiger partial charge in [-0.3, -0.25) is 9.59 Å². The summed E-state index contributed by atoms with van der Waals surface area (Å²) >= 11 is 0. The standard InChI is InChI=1S/C23H28N2O4/c1-4-17(5-2)23(27)24-18-8-11-21-20(14-18)25(22(26)15-29-21)12-13-28-19-9-6-16(3)7-10-19/h6-11,14,17H,4-5,12-13,15H2,1-3H3,(H,24,27). The highest BCUT2D eigenvalue weighted by atomic mass is 16.5. The molecule has 0 atom stereocenters. The summed E-state index contributed by atoms with van der Waals surface area (Å²) < 4.78 is 11.3. The predicted octanol–water partition coefficient (Wildman–Crippen LogP) is 4.17. The SMILES string of the molecule is CCC(CC)C(=O)Nc1ccc2c(c1)N(CCOc1ccc(C)cc1)C(=O)CO2. The van der Waals surface area contributed by atoms with Gasteiger partial charge in [-0.05, 0) is 50.1 Å². The summed E-state index contributed by atoms with van der Waals surface area (Å²) in [5.41, 5.74) is 2.47. The number of hydrogen-bond acceptors (Lipinski definition) is 4. The highest BCUT2D eigenvalue weighted by Crippen LogP contribution is 2.34. The van der Waals surface area contributed by atoms with Crippen LogP contribution in [0.15, 0.2) is 42.5 Å². The van der Waals surface area contributed by atoms with E-state index in [0.29, 0.717) is 30.3 Å². The number of aryl methyl sites for hydroxylation is 1. The summed E-state index contributed by atoms with van der Waals surface area (Å²) in [5, 5.41) is 2.95. The van der Waals surface area contributed by atoms with Crippen molar-refractivity contribution in [3.05, 3.63) is 48.0 Å². The van der Waals surface area contributed by atoms with Crippen LogP contribution in [0.25, 0.3) is 0 Å². The first-order chi connectivity index (χ1) is 14.0. The van der Waals surface area contributed by atoms with Gasteiger partial charge < -0.3 is 19.7 Å². The second-order valence-corrected chi connectivity index (χ2v) is 7.18. The Hall–Kier alpha value is -3.02. The van der Waals surface area contributed by atoms with Gasteiger partial charge in [-0.25, -0.2) is 0 Å². The third-order valence-electron chi connectivity index (χ3n) is 5.13. The zero-order valence-corrected chi connectivity index (χ0v) is 17.2. The van der Waals surface area contributed by atoms with Gasteiger partial charge in [0.05, 0.1) is 12.2 Å². The highest BCUT2D eigenvalue weighted by molar-refractivity contribution is 5.99. The molecule has 0 unspecified atom stereocenters. The molecule has 2 aromatic carbocycles. The van der Waals surface area contributed by atoms with Crippen LogP contribution in [0.3, 0.4) is 0 Å². The van der Waals surface area contributed by atoms with Crippen molar-refractivity contribution < 1.29 is 19.1 Å². The molecule has 6 nitrogen and oxygen atoms in total. The first-order valence-corrected chi connectivity index (χ1v) is 10.1. The molecule has 29 heavy (non-hydrogen) atoms. The van der Waals surface area contributed by atoms with Crippen molar-refractivity contribution in [1.82, 2.24) is 0 Å². The Bertz CT molecular complexity index is 860. The molecule has 0 aromatic heterocycles. The molecule has 0 saturated heterocycles. The molecule has 154 valence electrons. The zero-order valence-electron chi connectivity index (χ0n) is 17.2. The summed E-state index contributed by atoms with van der Waals surface area (Å²) in [5.74, 6) is 1.23. The Morgan fingerprint density at radius 2 is 1.90 bits per heavy atom. The van der Waals surface area contributed by atoms with Crippen molar-refractivity contribution in [1.29, 1.82) is 0 Å². The molecular formula is C23H28N2O4. The second-order valence-electron chi connectivity index (χ2n) is 7.18. The Labute approximate surface area is 171 Å². The molecule has 0 radical (unpaired) electrons. The number of carbonyl (C=O) groups excluding carboxylic acids is 2. The molecule has 1 heterocycles. The Morgan fingerprint density at radius 3 is 2.59 bits per heavy atom. The van der Waals surface area contributed by atoms with Crippen LogP contribution >= 0.6 is 0 Å². The van der Waals surface area contributed by atoms with Crippen LogP contribution in [0.5, 0.6) is 11.5 Å². The maximum atomic E-state index is 12.4. The number of carbonyl (C=O) groups is 2. The molecule has 0 saturated carbocycles. The lowest BCUT2D eigenvalue weighted by molar-refractivity contribution is -0.121. The maximum absolute atomic E-state index is 12.4. The number of nitrogens with one attached hydrogen (secondary N) is 1. The van der Waals surface area contributed by atoms with Crippen LogP contribution in [0.1, 0.15) is 32.3 Å². The van der Waals surface area contributed by atoms with Gasteiger partial charge in [-0.15, -0.1) is 0 Å². The van der Waals surface area contributed by atoms with E-state index in [1.807, 2.05) is 45.0 Å². The largest absolute Gasteiger partial charge is 0.492 e. The number of rotatable bonds is 8. The molecule has 1 aliphatic rings. The fourth-order valence-electron chi connectivity index (χ4n) is 3.32. The minimum atomic E-state index is -0.131. The molecule has 6 heteroatoms. The lowest BCUT2D eigenvalue weighted by Gasteiger charge is -2.30. The first-order valence-electron chi connectivity index (χ1n) is 10.1. The smallest absolute Gasteiger partial charge is 0.265 e. The minimum absolute atomic E-state index is 0.00300. The molecule has 2 aromatic rings. The number of amides is 2. The number of hydrogen-bond donors (Lipinski definition) is 1. The van der Waals surface area contributed by atoms with E-state index >= 15 is 0 Å². The molecule has 2 amide bonds. The molecular weight excluding hydrogens is 368 g/mol. The molecule has 0 aliphatic carbocycles. The maximum Gasteiger partial charge on any atom is 0.265 e. The summed E-state index contributed by atoms with van der Waals surface area (Å²) in [7, 11) is 0. The van der Waals surface area contributed by atoms with Gasteiger partial charge in [-0.1, -0.05) is 31.5 Å². The van der Waals surface area contributed by atoms with Crippen molar-refractivity contribution in [2.24, 2.45) is 5.92 Å². The quantitative estimate of drug-likeness (QED) is 0.727. The number of benzene rings is 2. The molecule has 1 N–H and O–H groups in total. The van der Waals surface area contributed by atoms with Crippen LogP contribution in [0, 0.1) is 12.8 Å². The van der Waals surface area contributed by atoms with E-state index in [4.69, 9.17) is 9.47 Å². The Kier molecular flexibility index (Phi) is 6.75. The summed E-state index contributed by atoms with van der Waals surface area (Å²) in [6.07, 6.45) is 1.58. The van der Waals surface area contributed by atoms with E-state index < -0.39 is 0 Å². The second kappa shape index (κ2) is 9.45. The Balaban J connectivity index is 1.70.